The molecule has 0 saturated heterocycles. The van der Waals surface area contributed by atoms with Gasteiger partial charge in [0.05, 0.1) is 6.07 Å². The van der Waals surface area contributed by atoms with Crippen molar-refractivity contribution in [2.75, 3.05) is 6.54 Å². The highest BCUT2D eigenvalue weighted by molar-refractivity contribution is 5.78. The average Bonchev–Trinajstić information content (AvgIpc) is 3.40. The number of nitriles is 1. The van der Waals surface area contributed by atoms with Gasteiger partial charge in [-0.25, -0.2) is 0 Å². The second-order valence-electron chi connectivity index (χ2n) is 7.44. The normalized spacial score (nSPS) is 17.8. The Labute approximate surface area is 145 Å². The van der Waals surface area contributed by atoms with Gasteiger partial charge in [-0.15, -0.1) is 0 Å². The molecule has 2 rings (SSSR count). The Hall–Kier alpha value is -1.86. The first-order chi connectivity index (χ1) is 11.4. The molecule has 1 saturated carbocycles. The summed E-state index contributed by atoms with van der Waals surface area (Å²) in [5, 5.41) is 14.4. The van der Waals surface area contributed by atoms with E-state index in [2.05, 4.69) is 61.7 Å². The van der Waals surface area contributed by atoms with E-state index in [1.165, 1.54) is 11.1 Å². The van der Waals surface area contributed by atoms with E-state index in [1.807, 2.05) is 6.92 Å². The van der Waals surface area contributed by atoms with Crippen LogP contribution in [0.5, 0.6) is 0 Å². The van der Waals surface area contributed by atoms with E-state index in [0.717, 1.165) is 19.3 Å². The van der Waals surface area contributed by atoms with Crippen LogP contribution in [0.15, 0.2) is 24.3 Å². The Kier molecular flexibility index (Phi) is 6.01. The van der Waals surface area contributed by atoms with Crippen LogP contribution in [0.3, 0.4) is 0 Å². The Morgan fingerprint density at radius 1 is 1.38 bits per heavy atom. The summed E-state index contributed by atoms with van der Waals surface area (Å²) in [5.74, 6) is 0.687. The smallest absolute Gasteiger partial charge is 0.276 e. The minimum atomic E-state index is -0.707. The molecule has 0 spiro atoms. The fourth-order valence-electron chi connectivity index (χ4n) is 3.23. The number of amides is 1. The molecule has 0 radical (unpaired) electrons. The molecule has 1 fully saturated rings. The monoisotopic (exact) mass is 328 g/mol. The molecule has 4 nitrogen and oxygen atoms in total. The zero-order chi connectivity index (χ0) is 17.7. The molecule has 24 heavy (non-hydrogen) atoms. The van der Waals surface area contributed by atoms with Gasteiger partial charge in [0, 0.05) is 11.5 Å². The minimum Gasteiger partial charge on any atom is -0.333 e. The Morgan fingerprint density at radius 3 is 2.46 bits per heavy atom. The van der Waals surface area contributed by atoms with E-state index in [-0.39, 0.29) is 11.9 Å². The highest BCUT2D eigenvalue weighted by atomic mass is 16.2. The number of carbonyl (C=O) groups is 1. The Balaban J connectivity index is 1.95. The van der Waals surface area contributed by atoms with Crippen molar-refractivity contribution in [1.29, 1.82) is 5.26 Å². The summed E-state index contributed by atoms with van der Waals surface area (Å²) >= 11 is 0. The van der Waals surface area contributed by atoms with Crippen molar-refractivity contribution in [3.8, 4) is 6.07 Å². The molecule has 1 aromatic rings. The molecule has 1 aromatic carbocycles. The van der Waals surface area contributed by atoms with E-state index >= 15 is 0 Å². The molecular weight excluding hydrogens is 298 g/mol. The molecule has 4 heteroatoms. The summed E-state index contributed by atoms with van der Waals surface area (Å²) in [7, 11) is 0. The maximum absolute atomic E-state index is 12.3. The van der Waals surface area contributed by atoms with Crippen LogP contribution in [0.4, 0.5) is 0 Å². The summed E-state index contributed by atoms with van der Waals surface area (Å²) < 4.78 is 0. The number of hydrogen-bond donors (Lipinski definition) is 2. The minimum absolute atomic E-state index is 0.0539. The van der Waals surface area contributed by atoms with Gasteiger partial charge < -0.3 is 10.6 Å². The number of aryl methyl sites for hydroxylation is 1. The molecule has 1 aliphatic carbocycles. The summed E-state index contributed by atoms with van der Waals surface area (Å²) in [6, 6.07) is 11.2. The standard InChI is InChI=1S/C20H29N3O/c1-5-15-6-8-16(9-7-15)19(14(2)3)22-12-18(24)23-20(4,13-21)17-10-11-17/h6-9,14,17,19,22H,5,10-12H2,1-4H3,(H,23,24)/p+1/t19-,20-/m0/s1. The summed E-state index contributed by atoms with van der Waals surface area (Å²) in [4.78, 5) is 12.3. The third-order valence-corrected chi connectivity index (χ3v) is 5.07. The number of nitrogens with zero attached hydrogens (tertiary/aromatic N) is 1. The predicted octanol–water partition coefficient (Wildman–Crippen LogP) is 2.32. The van der Waals surface area contributed by atoms with Crippen molar-refractivity contribution in [2.24, 2.45) is 11.8 Å². The lowest BCUT2D eigenvalue weighted by Gasteiger charge is -2.24. The summed E-state index contributed by atoms with van der Waals surface area (Å²) in [6.45, 7) is 8.69. The Morgan fingerprint density at radius 2 is 2.00 bits per heavy atom. The summed E-state index contributed by atoms with van der Waals surface area (Å²) in [5.41, 5.74) is 1.87. The molecule has 2 atom stereocenters. The average molecular weight is 328 g/mol. The predicted molar refractivity (Wildman–Crippen MR) is 95.1 cm³/mol. The van der Waals surface area contributed by atoms with Crippen LogP contribution in [0.1, 0.15) is 57.7 Å². The topological polar surface area (TPSA) is 69.5 Å². The van der Waals surface area contributed by atoms with Crippen LogP contribution in [0.25, 0.3) is 0 Å². The van der Waals surface area contributed by atoms with Gasteiger partial charge in [-0.1, -0.05) is 45.0 Å². The fourth-order valence-corrected chi connectivity index (χ4v) is 3.23. The molecule has 0 unspecified atom stereocenters. The molecule has 130 valence electrons. The number of carbonyl (C=O) groups excluding carboxylic acids is 1. The first kappa shape index (κ1) is 18.5. The third kappa shape index (κ3) is 4.58. The third-order valence-electron chi connectivity index (χ3n) is 5.07. The van der Waals surface area contributed by atoms with Gasteiger partial charge in [0.25, 0.3) is 5.91 Å². The van der Waals surface area contributed by atoms with Crippen LogP contribution in [0.2, 0.25) is 0 Å². The van der Waals surface area contributed by atoms with Gasteiger partial charge in [0.1, 0.15) is 11.6 Å². The quantitative estimate of drug-likeness (QED) is 0.769. The number of hydrogen-bond acceptors (Lipinski definition) is 2. The van der Waals surface area contributed by atoms with Crippen molar-refractivity contribution in [3.05, 3.63) is 35.4 Å². The van der Waals surface area contributed by atoms with Gasteiger partial charge in [-0.3, -0.25) is 4.79 Å². The molecule has 1 amide bonds. The van der Waals surface area contributed by atoms with Crippen LogP contribution in [0, 0.1) is 23.2 Å². The number of quaternary nitrogens is 1. The largest absolute Gasteiger partial charge is 0.333 e. The van der Waals surface area contributed by atoms with Crippen molar-refractivity contribution >= 4 is 5.91 Å². The van der Waals surface area contributed by atoms with E-state index in [0.29, 0.717) is 18.4 Å². The zero-order valence-electron chi connectivity index (χ0n) is 15.3. The summed E-state index contributed by atoms with van der Waals surface area (Å²) in [6.07, 6.45) is 3.10. The van der Waals surface area contributed by atoms with Crippen LogP contribution >= 0.6 is 0 Å². The second kappa shape index (κ2) is 7.81. The van der Waals surface area contributed by atoms with Gasteiger partial charge in [-0.05, 0) is 37.7 Å². The van der Waals surface area contributed by atoms with E-state index in [1.54, 1.807) is 0 Å². The van der Waals surface area contributed by atoms with Crippen LogP contribution in [-0.2, 0) is 11.2 Å². The number of nitrogens with one attached hydrogen (secondary N) is 1. The number of nitrogens with two attached hydrogens (primary N) is 1. The van der Waals surface area contributed by atoms with Gasteiger partial charge >= 0.3 is 0 Å². The van der Waals surface area contributed by atoms with Gasteiger partial charge in [-0.2, -0.15) is 5.26 Å². The number of rotatable bonds is 8. The first-order valence-corrected chi connectivity index (χ1v) is 9.04. The van der Waals surface area contributed by atoms with Crippen LogP contribution < -0.4 is 10.6 Å². The van der Waals surface area contributed by atoms with Crippen molar-refractivity contribution in [2.45, 2.75) is 58.5 Å². The van der Waals surface area contributed by atoms with Crippen molar-refractivity contribution in [3.63, 3.8) is 0 Å². The molecule has 1 aliphatic rings. The maximum Gasteiger partial charge on any atom is 0.276 e. The molecule has 3 N–H and O–H groups in total. The van der Waals surface area contributed by atoms with E-state index in [9.17, 15) is 10.1 Å². The molecular formula is C20H30N3O+. The van der Waals surface area contributed by atoms with Crippen LogP contribution in [-0.4, -0.2) is 18.0 Å². The zero-order valence-corrected chi connectivity index (χ0v) is 15.3. The highest BCUT2D eigenvalue weighted by Gasteiger charge is 2.43. The lowest BCUT2D eigenvalue weighted by molar-refractivity contribution is -0.692. The van der Waals surface area contributed by atoms with E-state index < -0.39 is 5.54 Å². The Bertz CT molecular complexity index is 598. The second-order valence-corrected chi connectivity index (χ2v) is 7.44. The number of benzene rings is 1. The molecule has 0 heterocycles. The van der Waals surface area contributed by atoms with Gasteiger partial charge in [0.2, 0.25) is 0 Å². The lowest BCUT2D eigenvalue weighted by Crippen LogP contribution is -2.88. The lowest BCUT2D eigenvalue weighted by atomic mass is 9.94. The molecule has 0 bridgehead atoms. The molecule has 0 aliphatic heterocycles. The molecule has 0 aromatic heterocycles. The first-order valence-electron chi connectivity index (χ1n) is 9.04. The van der Waals surface area contributed by atoms with Crippen molar-refractivity contribution in [1.82, 2.24) is 5.32 Å². The van der Waals surface area contributed by atoms with Gasteiger partial charge in [0.15, 0.2) is 6.54 Å². The highest BCUT2D eigenvalue weighted by Crippen LogP contribution is 2.39. The van der Waals surface area contributed by atoms with E-state index in [4.69, 9.17) is 0 Å². The van der Waals surface area contributed by atoms with Crippen molar-refractivity contribution < 1.29 is 10.1 Å². The fraction of sp³-hybridized carbons (Fsp3) is 0.600. The SMILES string of the molecule is CCc1ccc([C@@H]([NH2+]CC(=O)N[C@@](C)(C#N)C2CC2)C(C)C)cc1. The maximum atomic E-state index is 12.3.